The molecule has 0 saturated carbocycles. The minimum Gasteiger partial charge on any atom is -0.296 e. The highest BCUT2D eigenvalue weighted by Crippen LogP contribution is 2.24. The van der Waals surface area contributed by atoms with Gasteiger partial charge in [0.05, 0.1) is 0 Å². The molecule has 21 heavy (non-hydrogen) atoms. The quantitative estimate of drug-likeness (QED) is 0.673. The third kappa shape index (κ3) is 7.11. The van der Waals surface area contributed by atoms with Crippen molar-refractivity contribution < 1.29 is 8.60 Å². The van der Waals surface area contributed by atoms with Crippen LogP contribution < -0.4 is 0 Å². The van der Waals surface area contributed by atoms with Crippen molar-refractivity contribution in [1.82, 2.24) is 9.21 Å². The molecule has 0 aliphatic carbocycles. The lowest BCUT2D eigenvalue weighted by molar-refractivity contribution is 0.0934. The van der Waals surface area contributed by atoms with Gasteiger partial charge in [0.2, 0.25) is 0 Å². The first-order chi connectivity index (χ1) is 9.21. The number of nitrogens with zero attached hydrogens (tertiary/aromatic N) is 2. The molecule has 0 aromatic rings. The zero-order valence-corrected chi connectivity index (χ0v) is 16.0. The number of rotatable bonds is 7. The van der Waals surface area contributed by atoms with Gasteiger partial charge in [-0.3, -0.25) is 9.11 Å². The maximum atomic E-state index is 12.9. The molecule has 5 heteroatoms. The first kappa shape index (κ1) is 20.9. The van der Waals surface area contributed by atoms with Crippen LogP contribution in [0, 0.1) is 5.41 Å². The Balaban J connectivity index is 5.04. The highest BCUT2D eigenvalue weighted by molar-refractivity contribution is 7.97. The predicted molar refractivity (Wildman–Crippen MR) is 94.1 cm³/mol. The average molecular weight is 323 g/mol. The van der Waals surface area contributed by atoms with E-state index in [0.717, 1.165) is 0 Å². The summed E-state index contributed by atoms with van der Waals surface area (Å²) in [4.78, 5) is 2.14. The monoisotopic (exact) mass is 322 g/mol. The van der Waals surface area contributed by atoms with E-state index in [-0.39, 0.29) is 23.7 Å². The van der Waals surface area contributed by atoms with Crippen LogP contribution in [0.5, 0.6) is 0 Å². The van der Waals surface area contributed by atoms with E-state index in [1.165, 1.54) is 0 Å². The molecule has 0 rings (SSSR count). The normalized spacial score (nSPS) is 18.0. The largest absolute Gasteiger partial charge is 0.296 e. The van der Waals surface area contributed by atoms with Crippen LogP contribution in [-0.4, -0.2) is 63.4 Å². The molecule has 3 nitrogen and oxygen atoms in total. The highest BCUT2D eigenvalue weighted by Gasteiger charge is 2.29. The first-order valence-electron chi connectivity index (χ1n) is 7.61. The summed E-state index contributed by atoms with van der Waals surface area (Å²) in [5, 5.41) is 0. The van der Waals surface area contributed by atoms with Crippen molar-refractivity contribution >= 4 is 15.6 Å². The number of hydrogen-bond acceptors (Lipinski definition) is 2. The summed E-state index contributed by atoms with van der Waals surface area (Å²) in [5.74, 6) is 3.82. The van der Waals surface area contributed by atoms with Crippen LogP contribution in [0.25, 0.3) is 0 Å². The van der Waals surface area contributed by atoms with Gasteiger partial charge in [0, 0.05) is 47.2 Å². The van der Waals surface area contributed by atoms with Crippen LogP contribution in [0.1, 0.15) is 48.5 Å². The first-order valence-corrected chi connectivity index (χ1v) is 9.70. The van der Waals surface area contributed by atoms with Gasteiger partial charge < -0.3 is 0 Å². The highest BCUT2D eigenvalue weighted by atomic mass is 32.2. The summed E-state index contributed by atoms with van der Waals surface area (Å²) in [6, 6.07) is 0.257. The molecule has 0 fully saturated rings. The molecule has 128 valence electrons. The van der Waals surface area contributed by atoms with Gasteiger partial charge in [-0.25, -0.2) is 8.70 Å². The summed E-state index contributed by atoms with van der Waals surface area (Å²) in [6.45, 7) is 16.1. The van der Waals surface area contributed by atoms with Crippen molar-refractivity contribution in [1.29, 1.82) is 0 Å². The van der Waals surface area contributed by atoms with Gasteiger partial charge in [-0.05, 0) is 39.0 Å². The van der Waals surface area contributed by atoms with E-state index in [4.69, 9.17) is 0 Å². The maximum Gasteiger partial charge on any atom is 0.102 e. The van der Waals surface area contributed by atoms with E-state index in [1.807, 2.05) is 25.1 Å². The minimum atomic E-state index is -2.28. The number of halogens is 1. The van der Waals surface area contributed by atoms with Gasteiger partial charge in [0.15, 0.2) is 0 Å². The van der Waals surface area contributed by atoms with Crippen molar-refractivity contribution in [3.05, 3.63) is 0 Å². The Bertz CT molecular complexity index is 407. The Morgan fingerprint density at radius 2 is 1.57 bits per heavy atom. The number of alkyl halides is 1. The number of hydrogen-bond donors (Lipinski definition) is 0. The molecule has 0 bridgehead atoms. The Morgan fingerprint density at radius 3 is 1.86 bits per heavy atom. The molecule has 0 aliphatic heterocycles. The lowest BCUT2D eigenvalue weighted by Gasteiger charge is -2.41. The van der Waals surface area contributed by atoms with E-state index >= 15 is 0 Å². The van der Waals surface area contributed by atoms with E-state index in [0.29, 0.717) is 19.6 Å². The van der Waals surface area contributed by atoms with E-state index in [2.05, 4.69) is 38.5 Å². The SMILES string of the molecule is C=S(C)(=O)N(CCN(CCF)C(C)C(C)(C)C)C(C)(C)C. The van der Waals surface area contributed by atoms with Crippen LogP contribution >= 0.6 is 0 Å². The van der Waals surface area contributed by atoms with Crippen molar-refractivity contribution in [2.75, 3.05) is 32.6 Å². The minimum absolute atomic E-state index is 0.0832. The van der Waals surface area contributed by atoms with E-state index in [1.54, 1.807) is 6.26 Å². The molecule has 0 aromatic heterocycles. The molecule has 0 radical (unpaired) electrons. The molecular formula is C16H35FN2OS. The van der Waals surface area contributed by atoms with E-state index in [9.17, 15) is 8.60 Å². The van der Waals surface area contributed by atoms with Crippen molar-refractivity contribution in [3.63, 3.8) is 0 Å². The zero-order chi connectivity index (χ0) is 17.1. The second-order valence-corrected chi connectivity index (χ2v) is 10.4. The summed E-state index contributed by atoms with van der Waals surface area (Å²) >= 11 is 0. The second-order valence-electron chi connectivity index (χ2n) is 8.00. The van der Waals surface area contributed by atoms with Crippen LogP contribution in [0.4, 0.5) is 4.39 Å². The molecule has 0 saturated heterocycles. The van der Waals surface area contributed by atoms with Gasteiger partial charge in [-0.2, -0.15) is 0 Å². The topological polar surface area (TPSA) is 23.6 Å². The Hall–Kier alpha value is -0.130. The molecule has 0 spiro atoms. The van der Waals surface area contributed by atoms with Crippen LogP contribution in [0.15, 0.2) is 0 Å². The molecular weight excluding hydrogens is 287 g/mol. The fraction of sp³-hybridized carbons (Fsp3) is 0.938. The fourth-order valence-corrected chi connectivity index (χ4v) is 4.11. The standard InChI is InChI=1S/C16H35FN2OS/c1-14(15(2,3)4)18(11-10-17)12-13-19(16(5,6)7)21(8,9)20/h14H,8,10-13H2,1-7,9H3. The molecule has 0 aliphatic rings. The Morgan fingerprint density at radius 1 is 1.10 bits per heavy atom. The van der Waals surface area contributed by atoms with Gasteiger partial charge in [-0.1, -0.05) is 20.8 Å². The van der Waals surface area contributed by atoms with Crippen molar-refractivity contribution in [2.45, 2.75) is 60.0 Å². The molecule has 0 N–H and O–H groups in total. The van der Waals surface area contributed by atoms with Crippen LogP contribution in [0.2, 0.25) is 0 Å². The van der Waals surface area contributed by atoms with Gasteiger partial charge in [0.25, 0.3) is 0 Å². The second kappa shape index (κ2) is 7.42. The Kier molecular flexibility index (Phi) is 7.38. The summed E-state index contributed by atoms with van der Waals surface area (Å²) < 4.78 is 27.2. The average Bonchev–Trinajstić information content (AvgIpc) is 2.21. The smallest absolute Gasteiger partial charge is 0.102 e. The predicted octanol–water partition coefficient (Wildman–Crippen LogP) is 3.05. The fourth-order valence-electron chi connectivity index (χ4n) is 2.48. The third-order valence-electron chi connectivity index (χ3n) is 3.98. The molecule has 2 unspecified atom stereocenters. The van der Waals surface area contributed by atoms with Gasteiger partial charge in [0.1, 0.15) is 6.67 Å². The van der Waals surface area contributed by atoms with Gasteiger partial charge >= 0.3 is 0 Å². The van der Waals surface area contributed by atoms with Crippen molar-refractivity contribution in [3.8, 4) is 0 Å². The maximum absolute atomic E-state index is 12.9. The zero-order valence-electron chi connectivity index (χ0n) is 15.2. The third-order valence-corrected chi connectivity index (χ3v) is 5.64. The van der Waals surface area contributed by atoms with Crippen LogP contribution in [-0.2, 0) is 9.71 Å². The molecule has 0 aromatic carbocycles. The van der Waals surface area contributed by atoms with Gasteiger partial charge in [-0.15, -0.1) is 0 Å². The van der Waals surface area contributed by atoms with Crippen molar-refractivity contribution in [2.24, 2.45) is 5.41 Å². The lowest BCUT2D eigenvalue weighted by atomic mass is 9.87. The lowest BCUT2D eigenvalue weighted by Crippen LogP contribution is -2.51. The molecule has 0 heterocycles. The summed E-state index contributed by atoms with van der Waals surface area (Å²) in [5.41, 5.74) is -0.139. The molecule has 0 amide bonds. The summed E-state index contributed by atoms with van der Waals surface area (Å²) in [6.07, 6.45) is 1.67. The Labute approximate surface area is 132 Å². The van der Waals surface area contributed by atoms with Crippen LogP contribution in [0.3, 0.4) is 0 Å². The molecule has 2 atom stereocenters. The summed E-state index contributed by atoms with van der Waals surface area (Å²) in [7, 11) is -2.28. The van der Waals surface area contributed by atoms with E-state index < -0.39 is 9.71 Å².